The number of carbonyl (C=O) groups excluding carboxylic acids is 1. The summed E-state index contributed by atoms with van der Waals surface area (Å²) in [5, 5.41) is 7.64. The van der Waals surface area contributed by atoms with Crippen LogP contribution in [0.15, 0.2) is 59.0 Å². The Hall–Kier alpha value is -3.41. The van der Waals surface area contributed by atoms with Crippen LogP contribution in [-0.4, -0.2) is 20.7 Å². The standard InChI is InChI=1S/C23H24N4O2/c1-16-19(17(2)27(26-16)15-18-8-4-3-5-9-18)14-24-22(28)12-13-23-25-20-10-6-7-11-21(20)29-23/h3-11H,12-15H2,1-2H3,(H,24,28). The van der Waals surface area contributed by atoms with Crippen molar-refractivity contribution in [1.82, 2.24) is 20.1 Å². The fraction of sp³-hybridized carbons (Fsp3) is 0.261. The summed E-state index contributed by atoms with van der Waals surface area (Å²) in [5.41, 5.74) is 5.85. The van der Waals surface area contributed by atoms with Gasteiger partial charge >= 0.3 is 0 Å². The topological polar surface area (TPSA) is 73.0 Å². The van der Waals surface area contributed by atoms with Crippen LogP contribution in [0.25, 0.3) is 11.1 Å². The Labute approximate surface area is 169 Å². The van der Waals surface area contributed by atoms with Crippen molar-refractivity contribution in [3.63, 3.8) is 0 Å². The Morgan fingerprint density at radius 1 is 1.07 bits per heavy atom. The van der Waals surface area contributed by atoms with E-state index in [9.17, 15) is 4.79 Å². The molecule has 0 aliphatic carbocycles. The van der Waals surface area contributed by atoms with Crippen LogP contribution in [0.4, 0.5) is 0 Å². The molecule has 0 bridgehead atoms. The van der Waals surface area contributed by atoms with Crippen LogP contribution in [0, 0.1) is 13.8 Å². The minimum atomic E-state index is -0.0261. The summed E-state index contributed by atoms with van der Waals surface area (Å²) in [6.45, 7) is 5.22. The molecule has 0 saturated carbocycles. The number of aromatic nitrogens is 3. The second kappa shape index (κ2) is 8.31. The first-order valence-corrected chi connectivity index (χ1v) is 9.78. The van der Waals surface area contributed by atoms with Gasteiger partial charge in [-0.25, -0.2) is 4.98 Å². The monoisotopic (exact) mass is 388 g/mol. The van der Waals surface area contributed by atoms with Gasteiger partial charge in [-0.15, -0.1) is 0 Å². The highest BCUT2D eigenvalue weighted by Crippen LogP contribution is 2.17. The molecule has 4 rings (SSSR count). The van der Waals surface area contributed by atoms with Gasteiger partial charge in [0.1, 0.15) is 5.52 Å². The molecule has 4 aromatic rings. The van der Waals surface area contributed by atoms with E-state index in [0.29, 0.717) is 25.3 Å². The predicted octanol–water partition coefficient (Wildman–Crippen LogP) is 3.94. The first-order valence-electron chi connectivity index (χ1n) is 9.78. The Morgan fingerprint density at radius 3 is 2.62 bits per heavy atom. The maximum Gasteiger partial charge on any atom is 0.220 e. The Kier molecular flexibility index (Phi) is 5.42. The van der Waals surface area contributed by atoms with Crippen LogP contribution in [-0.2, 0) is 24.3 Å². The average Bonchev–Trinajstić information content (AvgIpc) is 3.26. The second-order valence-corrected chi connectivity index (χ2v) is 7.14. The number of fused-ring (bicyclic) bond motifs is 1. The van der Waals surface area contributed by atoms with Gasteiger partial charge in [-0.05, 0) is 31.5 Å². The van der Waals surface area contributed by atoms with Gasteiger partial charge in [-0.1, -0.05) is 42.5 Å². The molecule has 0 radical (unpaired) electrons. The second-order valence-electron chi connectivity index (χ2n) is 7.14. The number of hydrogen-bond donors (Lipinski definition) is 1. The maximum absolute atomic E-state index is 12.3. The van der Waals surface area contributed by atoms with Crippen molar-refractivity contribution in [1.29, 1.82) is 0 Å². The Morgan fingerprint density at radius 2 is 1.83 bits per heavy atom. The van der Waals surface area contributed by atoms with Gasteiger partial charge in [-0.2, -0.15) is 5.10 Å². The minimum absolute atomic E-state index is 0.0261. The molecule has 0 fully saturated rings. The number of oxazole rings is 1. The molecule has 0 aliphatic rings. The van der Waals surface area contributed by atoms with Crippen LogP contribution < -0.4 is 5.32 Å². The van der Waals surface area contributed by atoms with E-state index >= 15 is 0 Å². The number of amides is 1. The number of benzene rings is 2. The molecule has 6 heteroatoms. The van der Waals surface area contributed by atoms with Crippen molar-refractivity contribution in [2.45, 2.75) is 39.8 Å². The fourth-order valence-electron chi connectivity index (χ4n) is 3.42. The molecule has 148 valence electrons. The van der Waals surface area contributed by atoms with E-state index in [2.05, 4.69) is 27.5 Å². The van der Waals surface area contributed by atoms with Crippen LogP contribution in [0.5, 0.6) is 0 Å². The van der Waals surface area contributed by atoms with Crippen molar-refractivity contribution in [2.24, 2.45) is 0 Å². The third kappa shape index (κ3) is 4.37. The number of rotatable bonds is 7. The number of nitrogens with zero attached hydrogens (tertiary/aromatic N) is 3. The lowest BCUT2D eigenvalue weighted by atomic mass is 10.2. The van der Waals surface area contributed by atoms with Crippen molar-refractivity contribution in [2.75, 3.05) is 0 Å². The minimum Gasteiger partial charge on any atom is -0.441 e. The molecule has 0 saturated heterocycles. The molecular weight excluding hydrogens is 364 g/mol. The maximum atomic E-state index is 12.3. The summed E-state index contributed by atoms with van der Waals surface area (Å²) < 4.78 is 7.67. The van der Waals surface area contributed by atoms with Crippen LogP contribution in [0.1, 0.15) is 34.8 Å². The van der Waals surface area contributed by atoms with E-state index in [1.54, 1.807) is 0 Å². The van der Waals surface area contributed by atoms with Crippen LogP contribution >= 0.6 is 0 Å². The van der Waals surface area contributed by atoms with E-state index in [1.807, 2.05) is 61.0 Å². The SMILES string of the molecule is Cc1nn(Cc2ccccc2)c(C)c1CNC(=O)CCc1nc2ccccc2o1. The molecule has 2 aromatic heterocycles. The lowest BCUT2D eigenvalue weighted by molar-refractivity contribution is -0.121. The van der Waals surface area contributed by atoms with Crippen molar-refractivity contribution >= 4 is 17.0 Å². The molecule has 0 atom stereocenters. The molecular formula is C23H24N4O2. The predicted molar refractivity (Wildman–Crippen MR) is 111 cm³/mol. The molecule has 0 unspecified atom stereocenters. The van der Waals surface area contributed by atoms with Crippen molar-refractivity contribution < 1.29 is 9.21 Å². The smallest absolute Gasteiger partial charge is 0.220 e. The van der Waals surface area contributed by atoms with Crippen LogP contribution in [0.2, 0.25) is 0 Å². The number of nitrogens with one attached hydrogen (secondary N) is 1. The van der Waals surface area contributed by atoms with E-state index in [1.165, 1.54) is 5.56 Å². The molecule has 1 N–H and O–H groups in total. The molecule has 2 heterocycles. The first-order chi connectivity index (χ1) is 14.1. The molecule has 0 spiro atoms. The number of hydrogen-bond acceptors (Lipinski definition) is 4. The number of aryl methyl sites for hydroxylation is 2. The number of carbonyl (C=O) groups is 1. The quantitative estimate of drug-likeness (QED) is 0.520. The van der Waals surface area contributed by atoms with Crippen LogP contribution in [0.3, 0.4) is 0 Å². The third-order valence-corrected chi connectivity index (χ3v) is 5.07. The normalized spacial score (nSPS) is 11.1. The first kappa shape index (κ1) is 18.9. The Balaban J connectivity index is 1.34. The zero-order chi connectivity index (χ0) is 20.2. The van der Waals surface area contributed by atoms with Gasteiger partial charge in [0.25, 0.3) is 0 Å². The largest absolute Gasteiger partial charge is 0.441 e. The van der Waals surface area contributed by atoms with Gasteiger partial charge in [-0.3, -0.25) is 9.48 Å². The molecule has 0 aliphatic heterocycles. The van der Waals surface area contributed by atoms with E-state index in [-0.39, 0.29) is 5.91 Å². The van der Waals surface area contributed by atoms with Crippen molar-refractivity contribution in [3.8, 4) is 0 Å². The zero-order valence-corrected chi connectivity index (χ0v) is 16.7. The van der Waals surface area contributed by atoms with Gasteiger partial charge in [0.15, 0.2) is 11.5 Å². The summed E-state index contributed by atoms with van der Waals surface area (Å²) in [5.74, 6) is 0.561. The molecule has 29 heavy (non-hydrogen) atoms. The average molecular weight is 388 g/mol. The van der Waals surface area contributed by atoms with Gasteiger partial charge in [0, 0.05) is 30.6 Å². The van der Waals surface area contributed by atoms with Gasteiger partial charge in [0.2, 0.25) is 5.91 Å². The molecule has 2 aromatic carbocycles. The summed E-state index contributed by atoms with van der Waals surface area (Å²) in [6.07, 6.45) is 0.814. The van der Waals surface area contributed by atoms with Gasteiger partial charge in [0.05, 0.1) is 12.2 Å². The summed E-state index contributed by atoms with van der Waals surface area (Å²) >= 11 is 0. The lowest BCUT2D eigenvalue weighted by Crippen LogP contribution is -2.23. The highest BCUT2D eigenvalue weighted by molar-refractivity contribution is 5.76. The third-order valence-electron chi connectivity index (χ3n) is 5.07. The molecule has 1 amide bonds. The summed E-state index contributed by atoms with van der Waals surface area (Å²) in [6, 6.07) is 17.8. The van der Waals surface area contributed by atoms with Gasteiger partial charge < -0.3 is 9.73 Å². The van der Waals surface area contributed by atoms with E-state index in [4.69, 9.17) is 4.42 Å². The number of para-hydroxylation sites is 2. The summed E-state index contributed by atoms with van der Waals surface area (Å²) in [7, 11) is 0. The highest BCUT2D eigenvalue weighted by Gasteiger charge is 2.14. The van der Waals surface area contributed by atoms with Crippen molar-refractivity contribution in [3.05, 3.63) is 83.0 Å². The summed E-state index contributed by atoms with van der Waals surface area (Å²) in [4.78, 5) is 16.7. The van der Waals surface area contributed by atoms with E-state index < -0.39 is 0 Å². The highest BCUT2D eigenvalue weighted by atomic mass is 16.3. The fourth-order valence-corrected chi connectivity index (χ4v) is 3.42. The zero-order valence-electron chi connectivity index (χ0n) is 16.7. The molecule has 6 nitrogen and oxygen atoms in total. The lowest BCUT2D eigenvalue weighted by Gasteiger charge is -2.07. The Bertz CT molecular complexity index is 1100. The van der Waals surface area contributed by atoms with E-state index in [0.717, 1.165) is 34.6 Å².